The van der Waals surface area contributed by atoms with Crippen molar-refractivity contribution in [3.8, 4) is 5.88 Å². The molecule has 2 aromatic rings. The van der Waals surface area contributed by atoms with E-state index in [1.807, 2.05) is 0 Å². The SMILES string of the molecule is COc1ncc(Cl)cc1NS(=O)(=O)c1ccc(Cl)c(C(F)(F)F)c1. The van der Waals surface area contributed by atoms with Gasteiger partial charge in [0.15, 0.2) is 0 Å². The van der Waals surface area contributed by atoms with E-state index >= 15 is 0 Å². The molecule has 5 nitrogen and oxygen atoms in total. The molecule has 0 aliphatic carbocycles. The standard InChI is InChI=1S/C13H9Cl2F3N2O3S/c1-23-12-11(4-7(14)6-19-12)20-24(21,22)8-2-3-10(15)9(5-8)13(16,17)18/h2-6,20H,1H3. The second-order valence-electron chi connectivity index (χ2n) is 4.46. The average Bonchev–Trinajstić information content (AvgIpc) is 2.46. The van der Waals surface area contributed by atoms with Crippen LogP contribution >= 0.6 is 23.2 Å². The predicted molar refractivity (Wildman–Crippen MR) is 83.1 cm³/mol. The molecular weight excluding hydrogens is 392 g/mol. The minimum atomic E-state index is -4.79. The highest BCUT2D eigenvalue weighted by molar-refractivity contribution is 7.92. The number of nitrogens with one attached hydrogen (secondary N) is 1. The van der Waals surface area contributed by atoms with Crippen molar-refractivity contribution in [1.29, 1.82) is 0 Å². The number of hydrogen-bond acceptors (Lipinski definition) is 4. The van der Waals surface area contributed by atoms with E-state index in [2.05, 4.69) is 9.71 Å². The summed E-state index contributed by atoms with van der Waals surface area (Å²) in [6.45, 7) is 0. The first-order chi connectivity index (χ1) is 11.0. The number of nitrogens with zero attached hydrogens (tertiary/aromatic N) is 1. The molecule has 11 heteroatoms. The zero-order valence-corrected chi connectivity index (χ0v) is 14.2. The molecule has 0 aliphatic heterocycles. The molecule has 0 aliphatic rings. The average molecular weight is 401 g/mol. The summed E-state index contributed by atoms with van der Waals surface area (Å²) in [5.41, 5.74) is -1.38. The molecule has 0 saturated carbocycles. The summed E-state index contributed by atoms with van der Waals surface area (Å²) >= 11 is 11.2. The van der Waals surface area contributed by atoms with Crippen LogP contribution in [0.15, 0.2) is 35.4 Å². The number of halogens is 5. The third-order valence-electron chi connectivity index (χ3n) is 2.81. The van der Waals surface area contributed by atoms with Crippen LogP contribution in [0.5, 0.6) is 5.88 Å². The number of sulfonamides is 1. The molecule has 1 aromatic heterocycles. The molecule has 0 spiro atoms. The van der Waals surface area contributed by atoms with Crippen molar-refractivity contribution in [3.05, 3.63) is 46.1 Å². The minimum Gasteiger partial charge on any atom is -0.479 e. The molecule has 0 atom stereocenters. The Hall–Kier alpha value is -1.71. The Labute approximate surface area is 145 Å². The Morgan fingerprint density at radius 1 is 1.21 bits per heavy atom. The third kappa shape index (κ3) is 4.03. The van der Waals surface area contributed by atoms with Crippen molar-refractivity contribution in [1.82, 2.24) is 4.98 Å². The smallest absolute Gasteiger partial charge is 0.417 e. The Morgan fingerprint density at radius 3 is 2.46 bits per heavy atom. The van der Waals surface area contributed by atoms with Gasteiger partial charge in [0.2, 0.25) is 5.88 Å². The fourth-order valence-electron chi connectivity index (χ4n) is 1.75. The van der Waals surface area contributed by atoms with Crippen LogP contribution in [0.3, 0.4) is 0 Å². The summed E-state index contributed by atoms with van der Waals surface area (Å²) < 4.78 is 70.2. The number of alkyl halides is 3. The normalized spacial score (nSPS) is 12.1. The van der Waals surface area contributed by atoms with Crippen molar-refractivity contribution < 1.29 is 26.3 Å². The lowest BCUT2D eigenvalue weighted by molar-refractivity contribution is -0.137. The zero-order valence-electron chi connectivity index (χ0n) is 11.9. The van der Waals surface area contributed by atoms with Crippen LogP contribution in [0.1, 0.15) is 5.56 Å². The van der Waals surface area contributed by atoms with Gasteiger partial charge in [0.25, 0.3) is 10.0 Å². The van der Waals surface area contributed by atoms with Gasteiger partial charge in [-0.2, -0.15) is 13.2 Å². The highest BCUT2D eigenvalue weighted by Gasteiger charge is 2.34. The molecule has 24 heavy (non-hydrogen) atoms. The van der Waals surface area contributed by atoms with Crippen LogP contribution in [-0.4, -0.2) is 20.5 Å². The first-order valence-corrected chi connectivity index (χ1v) is 8.37. The number of aromatic nitrogens is 1. The summed E-state index contributed by atoms with van der Waals surface area (Å²) in [4.78, 5) is 3.14. The predicted octanol–water partition coefficient (Wildman–Crippen LogP) is 4.22. The van der Waals surface area contributed by atoms with Crippen LogP contribution in [-0.2, 0) is 16.2 Å². The van der Waals surface area contributed by atoms with E-state index in [0.29, 0.717) is 6.07 Å². The Morgan fingerprint density at radius 2 is 1.88 bits per heavy atom. The fourth-order valence-corrected chi connectivity index (χ4v) is 3.21. The van der Waals surface area contributed by atoms with E-state index in [4.69, 9.17) is 27.9 Å². The van der Waals surface area contributed by atoms with Crippen molar-refractivity contribution in [2.75, 3.05) is 11.8 Å². The van der Waals surface area contributed by atoms with Gasteiger partial charge in [-0.15, -0.1) is 0 Å². The van der Waals surface area contributed by atoms with Crippen LogP contribution in [0, 0.1) is 0 Å². The van der Waals surface area contributed by atoms with Gasteiger partial charge in [-0.25, -0.2) is 13.4 Å². The number of ether oxygens (including phenoxy) is 1. The highest BCUT2D eigenvalue weighted by Crippen LogP contribution is 2.36. The molecule has 0 fully saturated rings. The van der Waals surface area contributed by atoms with Gasteiger partial charge in [-0.1, -0.05) is 23.2 Å². The van der Waals surface area contributed by atoms with Gasteiger partial charge < -0.3 is 4.74 Å². The maximum absolute atomic E-state index is 12.9. The maximum Gasteiger partial charge on any atom is 0.417 e. The Bertz CT molecular complexity index is 873. The molecule has 0 saturated heterocycles. The van der Waals surface area contributed by atoms with E-state index in [1.165, 1.54) is 19.4 Å². The molecule has 0 bridgehead atoms. The molecule has 0 unspecified atom stereocenters. The van der Waals surface area contributed by atoms with Crippen molar-refractivity contribution in [3.63, 3.8) is 0 Å². The summed E-state index contributed by atoms with van der Waals surface area (Å²) in [6, 6.07) is 3.46. The largest absolute Gasteiger partial charge is 0.479 e. The van der Waals surface area contributed by atoms with Crippen LogP contribution < -0.4 is 9.46 Å². The Kier molecular flexibility index (Phi) is 5.17. The van der Waals surface area contributed by atoms with Crippen LogP contribution in [0.2, 0.25) is 10.0 Å². The molecule has 130 valence electrons. The van der Waals surface area contributed by atoms with E-state index in [1.54, 1.807) is 0 Å². The lowest BCUT2D eigenvalue weighted by Crippen LogP contribution is -2.15. The number of benzene rings is 1. The van der Waals surface area contributed by atoms with Gasteiger partial charge in [-0.05, 0) is 24.3 Å². The van der Waals surface area contributed by atoms with E-state index < -0.39 is 31.7 Å². The van der Waals surface area contributed by atoms with E-state index in [0.717, 1.165) is 12.1 Å². The van der Waals surface area contributed by atoms with E-state index in [-0.39, 0.29) is 16.6 Å². The minimum absolute atomic E-state index is 0.0898. The highest BCUT2D eigenvalue weighted by atomic mass is 35.5. The van der Waals surface area contributed by atoms with Crippen molar-refractivity contribution >= 4 is 38.9 Å². The molecule has 0 radical (unpaired) electrons. The molecule has 2 rings (SSSR count). The van der Waals surface area contributed by atoms with Gasteiger partial charge in [0.05, 0.1) is 27.6 Å². The van der Waals surface area contributed by atoms with Gasteiger partial charge in [0.1, 0.15) is 5.69 Å². The van der Waals surface area contributed by atoms with Crippen molar-refractivity contribution in [2.24, 2.45) is 0 Å². The number of anilines is 1. The lowest BCUT2D eigenvalue weighted by Gasteiger charge is -2.13. The molecular formula is C13H9Cl2F3N2O3S. The van der Waals surface area contributed by atoms with Crippen LogP contribution in [0.25, 0.3) is 0 Å². The summed E-state index contributed by atoms with van der Waals surface area (Å²) in [6.07, 6.45) is -3.57. The van der Waals surface area contributed by atoms with Crippen molar-refractivity contribution in [2.45, 2.75) is 11.1 Å². The maximum atomic E-state index is 12.9. The number of hydrogen-bond donors (Lipinski definition) is 1. The molecule has 1 N–H and O–H groups in total. The van der Waals surface area contributed by atoms with Crippen LogP contribution in [0.4, 0.5) is 18.9 Å². The van der Waals surface area contributed by atoms with E-state index in [9.17, 15) is 21.6 Å². The first-order valence-electron chi connectivity index (χ1n) is 6.13. The summed E-state index contributed by atoms with van der Waals surface area (Å²) in [7, 11) is -3.10. The number of methoxy groups -OCH3 is 1. The monoisotopic (exact) mass is 400 g/mol. The quantitative estimate of drug-likeness (QED) is 0.833. The molecule has 1 aromatic carbocycles. The topological polar surface area (TPSA) is 68.3 Å². The lowest BCUT2D eigenvalue weighted by atomic mass is 10.2. The second-order valence-corrected chi connectivity index (χ2v) is 6.98. The van der Waals surface area contributed by atoms with Gasteiger partial charge in [0, 0.05) is 6.20 Å². The molecule has 0 amide bonds. The molecule has 1 heterocycles. The Balaban J connectivity index is 2.47. The third-order valence-corrected chi connectivity index (χ3v) is 4.71. The summed E-state index contributed by atoms with van der Waals surface area (Å²) in [5, 5.41) is -0.496. The van der Waals surface area contributed by atoms with Gasteiger partial charge in [-0.3, -0.25) is 4.72 Å². The zero-order chi connectivity index (χ0) is 18.1. The summed E-state index contributed by atoms with van der Waals surface area (Å²) in [5.74, 6) is -0.0898. The first kappa shape index (κ1) is 18.6. The number of rotatable bonds is 4. The number of pyridine rings is 1. The fraction of sp³-hybridized carbons (Fsp3) is 0.154. The van der Waals surface area contributed by atoms with Gasteiger partial charge >= 0.3 is 6.18 Å². The second kappa shape index (κ2) is 6.66.